The zero-order chi connectivity index (χ0) is 7.68. The van der Waals surface area contributed by atoms with E-state index in [-0.39, 0.29) is 6.23 Å². The van der Waals surface area contributed by atoms with Crippen molar-refractivity contribution in [2.45, 2.75) is 13.2 Å². The number of nitrogens with zero attached hydrogens (tertiary/aromatic N) is 2. The highest BCUT2D eigenvalue weighted by Crippen LogP contribution is 2.12. The minimum Gasteiger partial charge on any atom is -0.352 e. The van der Waals surface area contributed by atoms with E-state index in [4.69, 9.17) is 4.74 Å². The molecule has 0 aromatic heterocycles. The van der Waals surface area contributed by atoms with Crippen LogP contribution in [-0.2, 0) is 4.74 Å². The lowest BCUT2D eigenvalue weighted by Crippen LogP contribution is -2.26. The molecule has 59 valence electrons. The molecule has 11 heavy (non-hydrogen) atoms. The van der Waals surface area contributed by atoms with Crippen LogP contribution in [0.4, 0.5) is 0 Å². The van der Waals surface area contributed by atoms with Crippen molar-refractivity contribution in [2.75, 3.05) is 13.2 Å². The topological polar surface area (TPSA) is 39.5 Å². The number of ether oxygens (including phenoxy) is 1. The van der Waals surface area contributed by atoms with Gasteiger partial charge >= 0.3 is 0 Å². The van der Waals surface area contributed by atoms with Gasteiger partial charge in [0.2, 0.25) is 6.54 Å². The Hall–Kier alpha value is -0.870. The van der Waals surface area contributed by atoms with Gasteiger partial charge in [-0.3, -0.25) is 0 Å². The number of hydrogen-bond donors (Lipinski definition) is 1. The fourth-order valence-corrected chi connectivity index (χ4v) is 1.26. The van der Waals surface area contributed by atoms with Gasteiger partial charge in [0, 0.05) is 17.7 Å². The number of rotatable bonds is 2. The summed E-state index contributed by atoms with van der Waals surface area (Å²) < 4.78 is 5.37. The number of nitrogens with one attached hydrogen (secondary N) is 1. The molecule has 2 rings (SSSR count). The molecule has 0 aromatic rings. The average Bonchev–Trinajstić information content (AvgIpc) is 2.46. The van der Waals surface area contributed by atoms with Crippen molar-refractivity contribution < 1.29 is 4.74 Å². The highest BCUT2D eigenvalue weighted by Gasteiger charge is 2.39. The maximum Gasteiger partial charge on any atom is 0.284 e. The first-order chi connectivity index (χ1) is 5.40. The first-order valence-corrected chi connectivity index (χ1v) is 3.80. The summed E-state index contributed by atoms with van der Waals surface area (Å²) in [4.78, 5) is 0. The van der Waals surface area contributed by atoms with Gasteiger partial charge in [0.1, 0.15) is 0 Å². The van der Waals surface area contributed by atoms with Crippen molar-refractivity contribution in [1.82, 2.24) is 10.3 Å². The second-order valence-electron chi connectivity index (χ2n) is 2.49. The smallest absolute Gasteiger partial charge is 0.284 e. The summed E-state index contributed by atoms with van der Waals surface area (Å²) >= 11 is 0. The van der Waals surface area contributed by atoms with E-state index in [1.807, 2.05) is 18.0 Å². The molecule has 1 fully saturated rings. The van der Waals surface area contributed by atoms with Gasteiger partial charge in [-0.15, -0.1) is 0 Å². The zero-order valence-electron chi connectivity index (χ0n) is 6.45. The van der Waals surface area contributed by atoms with Gasteiger partial charge in [0.15, 0.2) is 6.23 Å². The molecular weight excluding hydrogens is 142 g/mol. The van der Waals surface area contributed by atoms with E-state index in [9.17, 15) is 0 Å². The van der Waals surface area contributed by atoms with Crippen LogP contribution in [0.1, 0.15) is 6.92 Å². The Labute approximate surface area is 65.5 Å². The Bertz CT molecular complexity index is 212. The molecule has 2 aliphatic heterocycles. The van der Waals surface area contributed by atoms with Crippen LogP contribution in [0, 0.1) is 0 Å². The lowest BCUT2D eigenvalue weighted by molar-refractivity contribution is 0.0604. The first-order valence-electron chi connectivity index (χ1n) is 3.80. The third-order valence-corrected chi connectivity index (χ3v) is 1.73. The van der Waals surface area contributed by atoms with Gasteiger partial charge in [-0.1, -0.05) is 0 Å². The molecule has 0 spiro atoms. The van der Waals surface area contributed by atoms with Gasteiger partial charge in [0.05, 0.1) is 6.21 Å². The van der Waals surface area contributed by atoms with Crippen LogP contribution in [0.5, 0.6) is 0 Å². The largest absolute Gasteiger partial charge is 0.352 e. The van der Waals surface area contributed by atoms with E-state index in [0.717, 1.165) is 19.0 Å². The summed E-state index contributed by atoms with van der Waals surface area (Å²) in [6.07, 6.45) is 3.84. The Morgan fingerprint density at radius 3 is 3.55 bits per heavy atom. The third-order valence-electron chi connectivity index (χ3n) is 1.73. The van der Waals surface area contributed by atoms with Crippen molar-refractivity contribution in [3.63, 3.8) is 0 Å². The second kappa shape index (κ2) is 2.64. The maximum absolute atomic E-state index is 5.37. The normalized spacial score (nSPS) is 28.5. The van der Waals surface area contributed by atoms with E-state index in [2.05, 4.69) is 10.4 Å². The number of hydrazone groups is 1. The van der Waals surface area contributed by atoms with E-state index in [1.165, 1.54) is 0 Å². The zero-order valence-corrected chi connectivity index (χ0v) is 6.45. The van der Waals surface area contributed by atoms with Crippen molar-refractivity contribution >= 4 is 6.21 Å². The summed E-state index contributed by atoms with van der Waals surface area (Å²) in [5.41, 5.74) is 0. The van der Waals surface area contributed by atoms with Crippen LogP contribution in [-0.4, -0.2) is 25.6 Å². The minimum absolute atomic E-state index is 0.115. The molecule has 1 N–H and O–H groups in total. The average molecular weight is 153 g/mol. The Morgan fingerprint density at radius 1 is 1.91 bits per heavy atom. The lowest BCUT2D eigenvalue weighted by Gasteiger charge is -2.03. The molecular formula is C7H11N3O+. The highest BCUT2D eigenvalue weighted by molar-refractivity contribution is 5.74. The molecule has 0 amide bonds. The van der Waals surface area contributed by atoms with Crippen molar-refractivity contribution in [3.05, 3.63) is 11.9 Å². The summed E-state index contributed by atoms with van der Waals surface area (Å²) in [6.45, 7) is 3.54. The first kappa shape index (κ1) is 6.82. The molecule has 1 saturated heterocycles. The molecule has 0 aromatic carbocycles. The number of fused-ring (bicyclic) bond motifs is 1. The molecule has 0 bridgehead atoms. The Balaban J connectivity index is 1.95. The van der Waals surface area contributed by atoms with Crippen LogP contribution < -0.4 is 10.3 Å². The third kappa shape index (κ3) is 1.15. The molecule has 4 nitrogen and oxygen atoms in total. The van der Waals surface area contributed by atoms with Gasteiger partial charge in [-0.05, 0) is 12.0 Å². The predicted molar refractivity (Wildman–Crippen MR) is 42.1 cm³/mol. The van der Waals surface area contributed by atoms with Gasteiger partial charge in [-0.2, -0.15) is 0 Å². The van der Waals surface area contributed by atoms with Crippen LogP contribution >= 0.6 is 0 Å². The minimum atomic E-state index is 0.115. The van der Waals surface area contributed by atoms with Crippen molar-refractivity contribution in [3.8, 4) is 0 Å². The van der Waals surface area contributed by atoms with Crippen LogP contribution in [0.25, 0.3) is 0 Å². The number of hydrogen-bond acceptors (Lipinski definition) is 4. The van der Waals surface area contributed by atoms with Gasteiger partial charge in [-0.25, -0.2) is 0 Å². The second-order valence-corrected chi connectivity index (χ2v) is 2.49. The maximum atomic E-state index is 5.37. The van der Waals surface area contributed by atoms with Gasteiger partial charge < -0.3 is 10.1 Å². The van der Waals surface area contributed by atoms with Crippen molar-refractivity contribution in [1.29, 1.82) is 0 Å². The molecule has 2 aliphatic rings. The van der Waals surface area contributed by atoms with Crippen LogP contribution in [0.2, 0.25) is 0 Å². The quantitative estimate of drug-likeness (QED) is 0.564. The predicted octanol–water partition coefficient (Wildman–Crippen LogP) is -0.0669. The molecule has 0 saturated carbocycles. The molecule has 0 aliphatic carbocycles. The van der Waals surface area contributed by atoms with Crippen LogP contribution in [0.3, 0.4) is 0 Å². The summed E-state index contributed by atoms with van der Waals surface area (Å²) in [5.74, 6) is 1.04. The molecule has 1 unspecified atom stereocenters. The van der Waals surface area contributed by atoms with Crippen molar-refractivity contribution in [2.24, 2.45) is 5.10 Å². The summed E-state index contributed by atoms with van der Waals surface area (Å²) in [6, 6.07) is 0. The fraction of sp³-hybridized carbons (Fsp3) is 0.571. The summed E-state index contributed by atoms with van der Waals surface area (Å²) in [7, 11) is 0. The summed E-state index contributed by atoms with van der Waals surface area (Å²) in [5, 5.41) is 9.20. The molecule has 1 atom stereocenters. The van der Waals surface area contributed by atoms with E-state index in [1.54, 1.807) is 6.21 Å². The van der Waals surface area contributed by atoms with E-state index < -0.39 is 0 Å². The van der Waals surface area contributed by atoms with E-state index in [0.29, 0.717) is 0 Å². The molecule has 2 heterocycles. The molecule has 1 radical (unpaired) electrons. The Morgan fingerprint density at radius 2 is 2.82 bits per heavy atom. The standard InChI is InChI=1S/C7H11N3O/c1-2-11-7-5-10-6(9-7)3-4-8-10/h3-4,7,9H,2,5H2,1H3/q+1. The SMILES string of the molecule is CCOC1C[N+]2N=CC=C2N1. The van der Waals surface area contributed by atoms with Crippen LogP contribution in [0.15, 0.2) is 17.0 Å². The van der Waals surface area contributed by atoms with Gasteiger partial charge in [0.25, 0.3) is 5.82 Å². The lowest BCUT2D eigenvalue weighted by atomic mass is 10.6. The highest BCUT2D eigenvalue weighted by atomic mass is 16.5. The fourth-order valence-electron chi connectivity index (χ4n) is 1.26. The Kier molecular flexibility index (Phi) is 1.63. The number of allylic oxidation sites excluding steroid dienone is 1. The van der Waals surface area contributed by atoms with E-state index >= 15 is 0 Å². The monoisotopic (exact) mass is 153 g/mol. The molecule has 4 heteroatoms.